The number of hydrogen-bond acceptors (Lipinski definition) is 5. The lowest BCUT2D eigenvalue weighted by atomic mass is 10.1. The number of aliphatic hydroxyl groups excluding tert-OH is 1. The zero-order chi connectivity index (χ0) is 14.5. The van der Waals surface area contributed by atoms with E-state index < -0.39 is 0 Å². The van der Waals surface area contributed by atoms with Crippen molar-refractivity contribution in [3.05, 3.63) is 29.8 Å². The summed E-state index contributed by atoms with van der Waals surface area (Å²) in [4.78, 5) is 0. The first-order valence-electron chi connectivity index (χ1n) is 6.84. The van der Waals surface area contributed by atoms with Crippen LogP contribution >= 0.6 is 0 Å². The lowest BCUT2D eigenvalue weighted by Gasteiger charge is -2.11. The van der Waals surface area contributed by atoms with E-state index in [1.807, 2.05) is 24.3 Å². The minimum Gasteiger partial charge on any atom is -0.491 e. The maximum absolute atomic E-state index is 8.97. The Kier molecular flexibility index (Phi) is 9.87. The van der Waals surface area contributed by atoms with E-state index in [1.54, 1.807) is 7.11 Å². The Bertz CT molecular complexity index is 343. The first-order chi connectivity index (χ1) is 9.88. The fourth-order valence-electron chi connectivity index (χ4n) is 1.65. The van der Waals surface area contributed by atoms with E-state index in [1.165, 1.54) is 0 Å². The second kappa shape index (κ2) is 11.7. The van der Waals surface area contributed by atoms with Crippen LogP contribution in [0.4, 0.5) is 0 Å². The van der Waals surface area contributed by atoms with Gasteiger partial charge in [0.05, 0.1) is 33.0 Å². The molecule has 0 saturated carbocycles. The molecule has 0 spiro atoms. The van der Waals surface area contributed by atoms with Crippen molar-refractivity contribution in [1.82, 2.24) is 0 Å². The van der Waals surface area contributed by atoms with Gasteiger partial charge >= 0.3 is 0 Å². The number of benzene rings is 1. The second-order valence-electron chi connectivity index (χ2n) is 4.15. The largest absolute Gasteiger partial charge is 0.491 e. The van der Waals surface area contributed by atoms with Gasteiger partial charge in [0, 0.05) is 13.7 Å². The van der Waals surface area contributed by atoms with Gasteiger partial charge < -0.3 is 24.1 Å². The van der Waals surface area contributed by atoms with Crippen LogP contribution in [0.2, 0.25) is 0 Å². The molecule has 0 aliphatic heterocycles. The summed E-state index contributed by atoms with van der Waals surface area (Å²) in [6.45, 7) is 3.42. The molecule has 0 aliphatic rings. The lowest BCUT2D eigenvalue weighted by molar-refractivity contribution is 0.0179. The first kappa shape index (κ1) is 16.9. The van der Waals surface area contributed by atoms with Crippen molar-refractivity contribution in [2.75, 3.05) is 53.4 Å². The van der Waals surface area contributed by atoms with Gasteiger partial charge in [-0.05, 0) is 18.1 Å². The average molecular weight is 284 g/mol. The Morgan fingerprint density at radius 3 is 2.25 bits per heavy atom. The monoisotopic (exact) mass is 284 g/mol. The van der Waals surface area contributed by atoms with E-state index in [2.05, 4.69) is 0 Å². The zero-order valence-electron chi connectivity index (χ0n) is 12.0. The highest BCUT2D eigenvalue weighted by molar-refractivity contribution is 5.33. The second-order valence-corrected chi connectivity index (χ2v) is 4.15. The maximum atomic E-state index is 8.97. The predicted molar refractivity (Wildman–Crippen MR) is 76.2 cm³/mol. The van der Waals surface area contributed by atoms with Crippen molar-refractivity contribution < 1.29 is 24.1 Å². The normalized spacial score (nSPS) is 10.7. The highest BCUT2D eigenvalue weighted by atomic mass is 16.6. The third kappa shape index (κ3) is 7.45. The quantitative estimate of drug-likeness (QED) is 0.586. The first-order valence-corrected chi connectivity index (χ1v) is 6.84. The van der Waals surface area contributed by atoms with Crippen LogP contribution in [0.5, 0.6) is 5.75 Å². The number of rotatable bonds is 12. The summed E-state index contributed by atoms with van der Waals surface area (Å²) < 4.78 is 21.2. The van der Waals surface area contributed by atoms with Gasteiger partial charge in [-0.25, -0.2) is 0 Å². The van der Waals surface area contributed by atoms with E-state index in [4.69, 9.17) is 24.1 Å². The molecule has 0 saturated heterocycles. The highest BCUT2D eigenvalue weighted by Crippen LogP contribution is 2.17. The molecule has 114 valence electrons. The van der Waals surface area contributed by atoms with Crippen LogP contribution in [0.25, 0.3) is 0 Å². The molecule has 0 bridgehead atoms. The van der Waals surface area contributed by atoms with Crippen LogP contribution in [0.15, 0.2) is 24.3 Å². The van der Waals surface area contributed by atoms with Crippen molar-refractivity contribution >= 4 is 0 Å². The summed E-state index contributed by atoms with van der Waals surface area (Å²) in [5.74, 6) is 0.807. The minimum absolute atomic E-state index is 0.121. The molecule has 0 radical (unpaired) electrons. The van der Waals surface area contributed by atoms with Crippen LogP contribution < -0.4 is 4.74 Å². The number of para-hydroxylation sites is 1. The van der Waals surface area contributed by atoms with Gasteiger partial charge in [-0.1, -0.05) is 18.2 Å². The molecule has 1 rings (SSSR count). The van der Waals surface area contributed by atoms with Gasteiger partial charge in [0.15, 0.2) is 0 Å². The summed E-state index contributed by atoms with van der Waals surface area (Å²) in [6, 6.07) is 7.71. The summed E-state index contributed by atoms with van der Waals surface area (Å²) in [5.41, 5.74) is 1.01. The minimum atomic E-state index is 0.121. The highest BCUT2D eigenvalue weighted by Gasteiger charge is 2.01. The Labute approximate surface area is 120 Å². The fraction of sp³-hybridized carbons (Fsp3) is 0.600. The van der Waals surface area contributed by atoms with Gasteiger partial charge in [-0.2, -0.15) is 0 Å². The molecule has 0 atom stereocenters. The Hall–Kier alpha value is -1.14. The molecular formula is C15H24O5. The molecule has 1 aromatic carbocycles. The topological polar surface area (TPSA) is 57.2 Å². The van der Waals surface area contributed by atoms with Gasteiger partial charge in [0.25, 0.3) is 0 Å². The Morgan fingerprint density at radius 1 is 0.900 bits per heavy atom. The van der Waals surface area contributed by atoms with Gasteiger partial charge in [-0.3, -0.25) is 0 Å². The van der Waals surface area contributed by atoms with E-state index in [-0.39, 0.29) is 6.61 Å². The third-order valence-electron chi connectivity index (χ3n) is 2.64. The standard InChI is InChI=1S/C15H24O5/c1-17-8-9-18-10-11-19-12-13-20-15-5-3-2-4-14(15)6-7-16/h2-5,16H,6-13H2,1H3. The Morgan fingerprint density at radius 2 is 1.55 bits per heavy atom. The molecule has 0 heterocycles. The fourth-order valence-corrected chi connectivity index (χ4v) is 1.65. The molecule has 5 nitrogen and oxygen atoms in total. The van der Waals surface area contributed by atoms with Crippen molar-refractivity contribution in [1.29, 1.82) is 0 Å². The average Bonchev–Trinajstić information content (AvgIpc) is 2.47. The van der Waals surface area contributed by atoms with Crippen molar-refractivity contribution in [2.45, 2.75) is 6.42 Å². The van der Waals surface area contributed by atoms with Gasteiger partial charge in [-0.15, -0.1) is 0 Å². The maximum Gasteiger partial charge on any atom is 0.122 e. The summed E-state index contributed by atoms with van der Waals surface area (Å²) >= 11 is 0. The summed E-state index contributed by atoms with van der Waals surface area (Å²) in [7, 11) is 1.64. The van der Waals surface area contributed by atoms with E-state index >= 15 is 0 Å². The molecule has 0 aliphatic carbocycles. The van der Waals surface area contributed by atoms with Crippen LogP contribution in [-0.2, 0) is 20.6 Å². The van der Waals surface area contributed by atoms with Crippen molar-refractivity contribution in [3.63, 3.8) is 0 Å². The van der Waals surface area contributed by atoms with Crippen LogP contribution in [0.1, 0.15) is 5.56 Å². The number of methoxy groups -OCH3 is 1. The molecular weight excluding hydrogens is 260 g/mol. The SMILES string of the molecule is COCCOCCOCCOc1ccccc1CCO. The lowest BCUT2D eigenvalue weighted by Crippen LogP contribution is -2.12. The summed E-state index contributed by atoms with van der Waals surface area (Å²) in [5, 5.41) is 8.97. The van der Waals surface area contributed by atoms with Gasteiger partial charge in [0.1, 0.15) is 12.4 Å². The molecule has 0 fully saturated rings. The summed E-state index contributed by atoms with van der Waals surface area (Å²) in [6.07, 6.45) is 0.602. The molecule has 0 amide bonds. The van der Waals surface area contributed by atoms with Crippen LogP contribution in [0, 0.1) is 0 Å². The number of hydrogen-bond donors (Lipinski definition) is 1. The number of aliphatic hydroxyl groups is 1. The predicted octanol–water partition coefficient (Wildman–Crippen LogP) is 1.28. The van der Waals surface area contributed by atoms with E-state index in [0.717, 1.165) is 11.3 Å². The van der Waals surface area contributed by atoms with Crippen molar-refractivity contribution in [3.8, 4) is 5.75 Å². The molecule has 1 aromatic rings. The molecule has 0 aromatic heterocycles. The van der Waals surface area contributed by atoms with E-state index in [0.29, 0.717) is 46.1 Å². The smallest absolute Gasteiger partial charge is 0.122 e. The van der Waals surface area contributed by atoms with Crippen LogP contribution in [0.3, 0.4) is 0 Å². The van der Waals surface area contributed by atoms with E-state index in [9.17, 15) is 0 Å². The molecule has 5 heteroatoms. The van der Waals surface area contributed by atoms with Crippen LogP contribution in [-0.4, -0.2) is 58.5 Å². The van der Waals surface area contributed by atoms with Gasteiger partial charge in [0.2, 0.25) is 0 Å². The van der Waals surface area contributed by atoms with Crippen molar-refractivity contribution in [2.24, 2.45) is 0 Å². The number of ether oxygens (including phenoxy) is 4. The zero-order valence-corrected chi connectivity index (χ0v) is 12.0. The third-order valence-corrected chi connectivity index (χ3v) is 2.64. The molecule has 20 heavy (non-hydrogen) atoms. The molecule has 0 unspecified atom stereocenters. The Balaban J connectivity index is 2.06. The molecule has 1 N–H and O–H groups in total.